The Balaban J connectivity index is 0.000000250. The van der Waals surface area contributed by atoms with Crippen LogP contribution >= 0.6 is 0 Å². The summed E-state index contributed by atoms with van der Waals surface area (Å²) in [6.07, 6.45) is 4.47. The maximum atomic E-state index is 4.47. The fourth-order valence-electron chi connectivity index (χ4n) is 0.176. The predicted molar refractivity (Wildman–Crippen MR) is 26.4 cm³/mol. The van der Waals surface area contributed by atoms with Crippen LogP contribution in [0.2, 0.25) is 0 Å². The molecule has 0 saturated carbocycles. The molecule has 0 atom stereocenters. The Morgan fingerprint density at radius 1 is 1.50 bits per heavy atom. The van der Waals surface area contributed by atoms with Gasteiger partial charge in [-0.3, -0.25) is 0 Å². The largest absolute Gasteiger partial charge is 0.452 e. The summed E-state index contributed by atoms with van der Waals surface area (Å²) >= 11 is 0. The first-order chi connectivity index (χ1) is 2.50. The number of oxazole rings is 1. The van der Waals surface area contributed by atoms with Crippen molar-refractivity contribution < 1.29 is 4.42 Å². The van der Waals surface area contributed by atoms with Crippen LogP contribution < -0.4 is 0 Å². The second-order valence-electron chi connectivity index (χ2n) is 0.676. The van der Waals surface area contributed by atoms with Crippen molar-refractivity contribution in [2.24, 2.45) is 0 Å². The molecule has 0 radical (unpaired) electrons. The molecule has 0 aliphatic rings. The Bertz CT molecular complexity index is 67.3. The van der Waals surface area contributed by atoms with Crippen LogP contribution in [0, 0.1) is 0 Å². The molecule has 0 fully saturated rings. The Morgan fingerprint density at radius 2 is 2.33 bits per heavy atom. The van der Waals surface area contributed by atoms with E-state index in [1.807, 2.05) is 0 Å². The van der Waals surface area contributed by atoms with Gasteiger partial charge in [-0.15, -0.1) is 0 Å². The number of aromatic nitrogens is 1. The molecule has 32 valence electrons. The molecule has 1 heterocycles. The van der Waals surface area contributed by atoms with Gasteiger partial charge in [0.25, 0.3) is 0 Å². The first kappa shape index (κ1) is 5.27. The molecule has 0 N–H and O–H groups in total. The van der Waals surface area contributed by atoms with Gasteiger partial charge in [0.05, 0.1) is 14.6 Å². The molecule has 1 aromatic rings. The lowest BCUT2D eigenvalue weighted by molar-refractivity contribution is 0.558. The quantitative estimate of drug-likeness (QED) is 0.395. The normalized spacial score (nSPS) is 6.67. The molecule has 0 bridgehead atoms. The zero-order chi connectivity index (χ0) is 3.54. The van der Waals surface area contributed by atoms with Gasteiger partial charge in [-0.1, -0.05) is 0 Å². The molecule has 0 aromatic carbocycles. The summed E-state index contributed by atoms with van der Waals surface area (Å²) in [5, 5.41) is 0. The molecule has 6 heavy (non-hydrogen) atoms. The first-order valence-corrected chi connectivity index (χ1v) is 1.32. The molecule has 2 nitrogen and oxygen atoms in total. The minimum absolute atomic E-state index is 0. The van der Waals surface area contributed by atoms with E-state index < -0.39 is 0 Å². The fourth-order valence-corrected chi connectivity index (χ4v) is 0.176. The number of hydrogen-bond acceptors (Lipinski definition) is 2. The lowest BCUT2D eigenvalue weighted by Gasteiger charge is -1.47. The Hall–Kier alpha value is -0.725. The van der Waals surface area contributed by atoms with E-state index in [1.165, 1.54) is 12.7 Å². The van der Waals surface area contributed by atoms with Crippen LogP contribution in [0.3, 0.4) is 0 Å². The second-order valence-corrected chi connectivity index (χ2v) is 0.676. The average Bonchev–Trinajstić information content (AvgIpc) is 1.76. The van der Waals surface area contributed by atoms with Gasteiger partial charge in [0.2, 0.25) is 0 Å². The van der Waals surface area contributed by atoms with Crippen LogP contribution in [0.1, 0.15) is 0 Å². The van der Waals surface area contributed by atoms with E-state index in [0.29, 0.717) is 0 Å². The highest BCUT2D eigenvalue weighted by atomic mass is 16.3. The van der Waals surface area contributed by atoms with Crippen molar-refractivity contribution in [2.75, 3.05) is 0 Å². The van der Waals surface area contributed by atoms with Gasteiger partial charge in [0.15, 0.2) is 6.39 Å². The highest BCUT2D eigenvalue weighted by Gasteiger charge is 1.59. The van der Waals surface area contributed by atoms with Crippen molar-refractivity contribution in [1.29, 1.82) is 0 Å². The van der Waals surface area contributed by atoms with Gasteiger partial charge in [-0.25, -0.2) is 4.98 Å². The van der Waals surface area contributed by atoms with E-state index in [-0.39, 0.29) is 8.41 Å². The molecule has 0 unspecified atom stereocenters. The summed E-state index contributed by atoms with van der Waals surface area (Å²) in [6.45, 7) is 0. The van der Waals surface area contributed by atoms with E-state index in [4.69, 9.17) is 0 Å². The van der Waals surface area contributed by atoms with E-state index >= 15 is 0 Å². The van der Waals surface area contributed by atoms with E-state index in [2.05, 4.69) is 9.40 Å². The Labute approximate surface area is 37.8 Å². The fraction of sp³-hybridized carbons (Fsp3) is 0. The standard InChI is InChI=1S/C3H3NO.BH3/c1-2-5-3-4-1;/h1-3H;1H3. The van der Waals surface area contributed by atoms with Crippen molar-refractivity contribution in [3.8, 4) is 0 Å². The maximum absolute atomic E-state index is 4.47. The van der Waals surface area contributed by atoms with Crippen molar-refractivity contribution in [3.63, 3.8) is 0 Å². The Morgan fingerprint density at radius 3 is 2.50 bits per heavy atom. The predicted octanol–water partition coefficient (Wildman–Crippen LogP) is -0.509. The summed E-state index contributed by atoms with van der Waals surface area (Å²) in [6, 6.07) is 0. The van der Waals surface area contributed by atoms with Gasteiger partial charge in [0.1, 0.15) is 6.26 Å². The van der Waals surface area contributed by atoms with Crippen LogP contribution in [0.5, 0.6) is 0 Å². The molecule has 1 aromatic heterocycles. The van der Waals surface area contributed by atoms with Crippen LogP contribution in [0.4, 0.5) is 0 Å². The monoisotopic (exact) mass is 83.1 g/mol. The van der Waals surface area contributed by atoms with Crippen LogP contribution in [0.25, 0.3) is 0 Å². The highest BCUT2D eigenvalue weighted by molar-refractivity contribution is 5.75. The smallest absolute Gasteiger partial charge is 0.180 e. The van der Waals surface area contributed by atoms with E-state index in [9.17, 15) is 0 Å². The van der Waals surface area contributed by atoms with E-state index in [0.717, 1.165) is 0 Å². The lowest BCUT2D eigenvalue weighted by Crippen LogP contribution is -1.38. The molecular weight excluding hydrogens is 76.9 g/mol. The van der Waals surface area contributed by atoms with Crippen LogP contribution in [0.15, 0.2) is 23.3 Å². The van der Waals surface area contributed by atoms with Crippen molar-refractivity contribution in [1.82, 2.24) is 4.98 Å². The topological polar surface area (TPSA) is 26.0 Å². The maximum Gasteiger partial charge on any atom is 0.180 e. The third-order valence-corrected chi connectivity index (χ3v) is 0.347. The van der Waals surface area contributed by atoms with Gasteiger partial charge < -0.3 is 4.42 Å². The van der Waals surface area contributed by atoms with Crippen LogP contribution in [-0.4, -0.2) is 13.4 Å². The molecule has 0 amide bonds. The Kier molecular flexibility index (Phi) is 2.21. The van der Waals surface area contributed by atoms with Crippen molar-refractivity contribution in [3.05, 3.63) is 18.9 Å². The van der Waals surface area contributed by atoms with E-state index in [1.54, 1.807) is 6.20 Å². The van der Waals surface area contributed by atoms with Gasteiger partial charge in [0, 0.05) is 0 Å². The average molecular weight is 82.9 g/mol. The zero-order valence-electron chi connectivity index (χ0n) is 2.59. The summed E-state index contributed by atoms with van der Waals surface area (Å²) in [7, 11) is 0. The zero-order valence-corrected chi connectivity index (χ0v) is 2.59. The summed E-state index contributed by atoms with van der Waals surface area (Å²) < 4.78 is 4.47. The second kappa shape index (κ2) is 2.51. The number of nitrogens with zero attached hydrogens (tertiary/aromatic N) is 1. The van der Waals surface area contributed by atoms with Crippen molar-refractivity contribution >= 4 is 8.41 Å². The highest BCUT2D eigenvalue weighted by Crippen LogP contribution is 1.72. The number of rotatable bonds is 0. The lowest BCUT2D eigenvalue weighted by atomic mass is 10.8. The molecule has 3 heteroatoms. The van der Waals surface area contributed by atoms with Crippen LogP contribution in [-0.2, 0) is 0 Å². The molecule has 0 spiro atoms. The summed E-state index contributed by atoms with van der Waals surface area (Å²) in [5.74, 6) is 0. The van der Waals surface area contributed by atoms with Gasteiger partial charge in [-0.05, 0) is 0 Å². The van der Waals surface area contributed by atoms with Gasteiger partial charge in [-0.2, -0.15) is 0 Å². The SMILES string of the molecule is B.c1cocn1. The van der Waals surface area contributed by atoms with Gasteiger partial charge >= 0.3 is 0 Å². The molecule has 0 aliphatic heterocycles. The molecule has 0 aliphatic carbocycles. The minimum Gasteiger partial charge on any atom is -0.452 e. The molecular formula is C3H6BNO. The third kappa shape index (κ3) is 0.927. The first-order valence-electron chi connectivity index (χ1n) is 1.32. The van der Waals surface area contributed by atoms with Crippen molar-refractivity contribution in [2.45, 2.75) is 0 Å². The summed E-state index contributed by atoms with van der Waals surface area (Å²) in [5.41, 5.74) is 0. The third-order valence-electron chi connectivity index (χ3n) is 0.347. The number of hydrogen-bond donors (Lipinski definition) is 0. The molecule has 1 rings (SSSR count). The summed E-state index contributed by atoms with van der Waals surface area (Å²) in [4.78, 5) is 3.56. The molecule has 0 saturated heterocycles. The minimum atomic E-state index is 0.